The van der Waals surface area contributed by atoms with E-state index in [1.807, 2.05) is 25.1 Å². The first-order chi connectivity index (χ1) is 12.9. The lowest BCUT2D eigenvalue weighted by Crippen LogP contribution is -2.48. The normalized spacial score (nSPS) is 15.6. The Kier molecular flexibility index (Phi) is 5.83. The highest BCUT2D eigenvalue weighted by Crippen LogP contribution is 2.32. The van der Waals surface area contributed by atoms with E-state index in [2.05, 4.69) is 4.90 Å². The summed E-state index contributed by atoms with van der Waals surface area (Å²) in [6.07, 6.45) is 0. The van der Waals surface area contributed by atoms with Gasteiger partial charge in [-0.3, -0.25) is 0 Å². The van der Waals surface area contributed by atoms with Crippen molar-refractivity contribution in [2.45, 2.75) is 11.8 Å². The van der Waals surface area contributed by atoms with Gasteiger partial charge in [-0.15, -0.1) is 0 Å². The number of halogens is 1. The van der Waals surface area contributed by atoms with Gasteiger partial charge in [0.1, 0.15) is 16.4 Å². The summed E-state index contributed by atoms with van der Waals surface area (Å²) in [5.41, 5.74) is 2.02. The molecule has 0 spiro atoms. The maximum Gasteiger partial charge on any atom is 0.247 e. The van der Waals surface area contributed by atoms with Gasteiger partial charge in [-0.1, -0.05) is 17.7 Å². The Balaban J connectivity index is 1.79. The second kappa shape index (κ2) is 7.96. The minimum atomic E-state index is -3.68. The van der Waals surface area contributed by atoms with E-state index in [4.69, 9.17) is 21.1 Å². The predicted molar refractivity (Wildman–Crippen MR) is 107 cm³/mol. The third-order valence-corrected chi connectivity index (χ3v) is 7.07. The van der Waals surface area contributed by atoms with Crippen molar-refractivity contribution < 1.29 is 17.9 Å². The molecule has 2 aromatic rings. The molecule has 0 unspecified atom stereocenters. The summed E-state index contributed by atoms with van der Waals surface area (Å²) in [5.74, 6) is 0.783. The van der Waals surface area contributed by atoms with E-state index in [9.17, 15) is 8.42 Å². The molecular weight excluding hydrogens is 388 g/mol. The average molecular weight is 411 g/mol. The molecule has 1 fully saturated rings. The van der Waals surface area contributed by atoms with Crippen molar-refractivity contribution in [1.82, 2.24) is 4.31 Å². The van der Waals surface area contributed by atoms with Gasteiger partial charge in [0, 0.05) is 43.0 Å². The van der Waals surface area contributed by atoms with Crippen LogP contribution in [0.3, 0.4) is 0 Å². The number of hydrogen-bond donors (Lipinski definition) is 0. The van der Waals surface area contributed by atoms with Crippen LogP contribution in [0.4, 0.5) is 5.69 Å². The molecule has 1 aliphatic rings. The average Bonchev–Trinajstić information content (AvgIpc) is 2.69. The van der Waals surface area contributed by atoms with E-state index in [0.29, 0.717) is 42.7 Å². The molecule has 3 rings (SSSR count). The van der Waals surface area contributed by atoms with Crippen molar-refractivity contribution in [3.63, 3.8) is 0 Å². The highest BCUT2D eigenvalue weighted by Gasteiger charge is 2.31. The highest BCUT2D eigenvalue weighted by molar-refractivity contribution is 7.89. The fourth-order valence-electron chi connectivity index (χ4n) is 3.09. The van der Waals surface area contributed by atoms with Crippen LogP contribution in [0.2, 0.25) is 5.02 Å². The number of piperazine rings is 1. The second-order valence-electron chi connectivity index (χ2n) is 6.34. The third kappa shape index (κ3) is 4.00. The number of nitrogens with zero attached hydrogens (tertiary/aromatic N) is 2. The summed E-state index contributed by atoms with van der Waals surface area (Å²) in [7, 11) is -0.720. The molecule has 0 aliphatic carbocycles. The summed E-state index contributed by atoms with van der Waals surface area (Å²) in [6.45, 7) is 3.90. The van der Waals surface area contributed by atoms with E-state index in [1.54, 1.807) is 12.1 Å². The van der Waals surface area contributed by atoms with Crippen molar-refractivity contribution in [2.75, 3.05) is 45.3 Å². The van der Waals surface area contributed by atoms with Gasteiger partial charge in [0.2, 0.25) is 10.0 Å². The Labute approximate surface area is 165 Å². The maximum atomic E-state index is 13.1. The van der Waals surface area contributed by atoms with E-state index in [-0.39, 0.29) is 4.90 Å². The summed E-state index contributed by atoms with van der Waals surface area (Å²) in [5, 5.41) is 0.712. The molecule has 27 heavy (non-hydrogen) atoms. The molecule has 0 atom stereocenters. The fourth-order valence-corrected chi connectivity index (χ4v) is 4.86. The summed E-state index contributed by atoms with van der Waals surface area (Å²) >= 11 is 6.22. The molecule has 1 saturated heterocycles. The van der Waals surface area contributed by atoms with E-state index in [0.717, 1.165) is 11.3 Å². The van der Waals surface area contributed by atoms with Gasteiger partial charge in [0.05, 0.1) is 14.2 Å². The van der Waals surface area contributed by atoms with Crippen LogP contribution < -0.4 is 14.4 Å². The zero-order valence-electron chi connectivity index (χ0n) is 15.6. The Hall–Kier alpha value is -1.96. The highest BCUT2D eigenvalue weighted by atomic mass is 35.5. The number of rotatable bonds is 5. The Morgan fingerprint density at radius 3 is 2.26 bits per heavy atom. The minimum Gasteiger partial charge on any atom is -0.497 e. The third-order valence-electron chi connectivity index (χ3n) is 4.75. The van der Waals surface area contributed by atoms with Gasteiger partial charge in [-0.05, 0) is 36.8 Å². The number of ether oxygens (including phenoxy) is 2. The molecule has 1 aliphatic heterocycles. The van der Waals surface area contributed by atoms with Gasteiger partial charge in [0.15, 0.2) is 0 Å². The second-order valence-corrected chi connectivity index (χ2v) is 8.65. The first kappa shape index (κ1) is 19.8. The van der Waals surface area contributed by atoms with Gasteiger partial charge < -0.3 is 14.4 Å². The van der Waals surface area contributed by atoms with E-state index >= 15 is 0 Å². The monoisotopic (exact) mass is 410 g/mol. The van der Waals surface area contributed by atoms with Crippen LogP contribution >= 0.6 is 11.6 Å². The number of anilines is 1. The largest absolute Gasteiger partial charge is 0.497 e. The molecular formula is C19H23ClN2O4S. The number of sulfonamides is 1. The molecule has 0 N–H and O–H groups in total. The van der Waals surface area contributed by atoms with Crippen LogP contribution in [-0.2, 0) is 10.0 Å². The van der Waals surface area contributed by atoms with Gasteiger partial charge in [-0.2, -0.15) is 4.31 Å². The standard InChI is InChI=1S/C19H23ClN2O4S/c1-14-4-5-15(12-17(14)20)21-8-10-22(11-9-21)27(23,24)19-13-16(25-2)6-7-18(19)26-3/h4-7,12-13H,8-11H2,1-3H3. The smallest absolute Gasteiger partial charge is 0.247 e. The number of benzene rings is 2. The van der Waals surface area contributed by atoms with Gasteiger partial charge in [0.25, 0.3) is 0 Å². The fraction of sp³-hybridized carbons (Fsp3) is 0.368. The molecule has 6 nitrogen and oxygen atoms in total. The number of methoxy groups -OCH3 is 2. The first-order valence-corrected chi connectivity index (χ1v) is 10.4. The molecule has 0 radical (unpaired) electrons. The summed E-state index contributed by atoms with van der Waals surface area (Å²) in [6, 6.07) is 10.7. The lowest BCUT2D eigenvalue weighted by atomic mass is 10.2. The van der Waals surface area contributed by atoms with Crippen LogP contribution in [0.15, 0.2) is 41.3 Å². The Morgan fingerprint density at radius 1 is 0.963 bits per heavy atom. The van der Waals surface area contributed by atoms with Crippen LogP contribution in [-0.4, -0.2) is 53.1 Å². The van der Waals surface area contributed by atoms with Crippen molar-refractivity contribution in [3.8, 4) is 11.5 Å². The van der Waals surface area contributed by atoms with Crippen LogP contribution in [0.25, 0.3) is 0 Å². The lowest BCUT2D eigenvalue weighted by Gasteiger charge is -2.35. The lowest BCUT2D eigenvalue weighted by molar-refractivity contribution is 0.371. The molecule has 0 saturated carbocycles. The topological polar surface area (TPSA) is 59.1 Å². The van der Waals surface area contributed by atoms with Crippen molar-refractivity contribution in [2.24, 2.45) is 0 Å². The zero-order chi connectivity index (χ0) is 19.6. The zero-order valence-corrected chi connectivity index (χ0v) is 17.2. The van der Waals surface area contributed by atoms with E-state index < -0.39 is 10.0 Å². The van der Waals surface area contributed by atoms with Gasteiger partial charge >= 0.3 is 0 Å². The molecule has 146 valence electrons. The Morgan fingerprint density at radius 2 is 1.67 bits per heavy atom. The molecule has 0 amide bonds. The molecule has 8 heteroatoms. The Bertz CT molecular complexity index is 925. The van der Waals surface area contributed by atoms with Gasteiger partial charge in [-0.25, -0.2) is 8.42 Å². The predicted octanol–water partition coefficient (Wildman–Crippen LogP) is 3.18. The number of aryl methyl sites for hydroxylation is 1. The van der Waals surface area contributed by atoms with Crippen LogP contribution in [0.5, 0.6) is 11.5 Å². The molecule has 2 aromatic carbocycles. The van der Waals surface area contributed by atoms with Crippen molar-refractivity contribution >= 4 is 27.3 Å². The first-order valence-electron chi connectivity index (χ1n) is 8.60. The van der Waals surface area contributed by atoms with Crippen molar-refractivity contribution in [1.29, 1.82) is 0 Å². The quantitative estimate of drug-likeness (QED) is 0.757. The SMILES string of the molecule is COc1ccc(OC)c(S(=O)(=O)N2CCN(c3ccc(C)c(Cl)c3)CC2)c1. The van der Waals surface area contributed by atoms with E-state index in [1.165, 1.54) is 24.6 Å². The van der Waals surface area contributed by atoms with Crippen molar-refractivity contribution in [3.05, 3.63) is 47.0 Å². The maximum absolute atomic E-state index is 13.1. The summed E-state index contributed by atoms with van der Waals surface area (Å²) in [4.78, 5) is 2.26. The minimum absolute atomic E-state index is 0.121. The summed E-state index contributed by atoms with van der Waals surface area (Å²) < 4.78 is 38.2. The number of hydrogen-bond acceptors (Lipinski definition) is 5. The molecule has 0 bridgehead atoms. The molecule has 0 aromatic heterocycles. The molecule has 1 heterocycles. The van der Waals surface area contributed by atoms with Crippen LogP contribution in [0.1, 0.15) is 5.56 Å². The van der Waals surface area contributed by atoms with Crippen LogP contribution in [0, 0.1) is 6.92 Å².